The van der Waals surface area contributed by atoms with Crippen molar-refractivity contribution in [1.29, 1.82) is 0 Å². The molecule has 120 valence electrons. The standard InChI is InChI=1S/C18H32N2S/c1-4-13-20(17(3)5-2)14-11-19-12-15-21-16-18-9-7-6-8-10-18/h6-10,17,19H,4-5,11-16H2,1-3H3. The van der Waals surface area contributed by atoms with Crippen LogP contribution >= 0.6 is 11.8 Å². The number of hydrogen-bond donors (Lipinski definition) is 1. The Kier molecular flexibility index (Phi) is 10.7. The molecule has 0 radical (unpaired) electrons. The van der Waals surface area contributed by atoms with Crippen molar-refractivity contribution >= 4 is 11.8 Å². The highest BCUT2D eigenvalue weighted by Crippen LogP contribution is 2.10. The van der Waals surface area contributed by atoms with Gasteiger partial charge in [0.05, 0.1) is 0 Å². The van der Waals surface area contributed by atoms with Gasteiger partial charge in [-0.25, -0.2) is 0 Å². The maximum Gasteiger partial charge on any atom is 0.0185 e. The van der Waals surface area contributed by atoms with E-state index in [0.717, 1.165) is 18.8 Å². The second-order valence-corrected chi connectivity index (χ2v) is 6.69. The molecular weight excluding hydrogens is 276 g/mol. The number of hydrogen-bond acceptors (Lipinski definition) is 3. The largest absolute Gasteiger partial charge is 0.315 e. The Morgan fingerprint density at radius 3 is 2.52 bits per heavy atom. The highest BCUT2D eigenvalue weighted by molar-refractivity contribution is 7.98. The normalized spacial score (nSPS) is 12.8. The van der Waals surface area contributed by atoms with Gasteiger partial charge in [0, 0.05) is 37.2 Å². The van der Waals surface area contributed by atoms with Gasteiger partial charge in [-0.3, -0.25) is 4.90 Å². The van der Waals surface area contributed by atoms with Crippen molar-refractivity contribution < 1.29 is 0 Å². The fraction of sp³-hybridized carbons (Fsp3) is 0.667. The maximum absolute atomic E-state index is 3.58. The molecule has 1 aromatic carbocycles. The number of nitrogens with zero attached hydrogens (tertiary/aromatic N) is 1. The van der Waals surface area contributed by atoms with Crippen molar-refractivity contribution in [1.82, 2.24) is 10.2 Å². The zero-order valence-corrected chi connectivity index (χ0v) is 14.8. The number of nitrogens with one attached hydrogen (secondary N) is 1. The Hall–Kier alpha value is -0.510. The first-order valence-electron chi connectivity index (χ1n) is 8.34. The van der Waals surface area contributed by atoms with E-state index in [1.54, 1.807) is 0 Å². The molecule has 1 unspecified atom stereocenters. The number of rotatable bonds is 12. The van der Waals surface area contributed by atoms with Crippen LogP contribution in [0.2, 0.25) is 0 Å². The van der Waals surface area contributed by atoms with Gasteiger partial charge in [0.2, 0.25) is 0 Å². The fourth-order valence-electron chi connectivity index (χ4n) is 2.35. The molecule has 2 nitrogen and oxygen atoms in total. The molecule has 0 fully saturated rings. The Balaban J connectivity index is 2.03. The molecule has 0 spiro atoms. The summed E-state index contributed by atoms with van der Waals surface area (Å²) in [6.45, 7) is 11.5. The molecule has 0 heterocycles. The van der Waals surface area contributed by atoms with Gasteiger partial charge < -0.3 is 5.32 Å². The second-order valence-electron chi connectivity index (χ2n) is 5.58. The molecule has 1 atom stereocenters. The van der Waals surface area contributed by atoms with Gasteiger partial charge >= 0.3 is 0 Å². The minimum absolute atomic E-state index is 0.708. The molecule has 1 aromatic rings. The van der Waals surface area contributed by atoms with E-state index in [4.69, 9.17) is 0 Å². The molecule has 1 rings (SSSR count). The highest BCUT2D eigenvalue weighted by atomic mass is 32.2. The highest BCUT2D eigenvalue weighted by Gasteiger charge is 2.09. The van der Waals surface area contributed by atoms with Crippen molar-refractivity contribution in [3.8, 4) is 0 Å². The summed E-state index contributed by atoms with van der Waals surface area (Å²) in [6, 6.07) is 11.4. The van der Waals surface area contributed by atoms with Gasteiger partial charge in [-0.1, -0.05) is 44.2 Å². The summed E-state index contributed by atoms with van der Waals surface area (Å²) in [6.07, 6.45) is 2.49. The Morgan fingerprint density at radius 1 is 1.10 bits per heavy atom. The average molecular weight is 309 g/mol. The first-order chi connectivity index (χ1) is 10.3. The lowest BCUT2D eigenvalue weighted by Crippen LogP contribution is -2.39. The summed E-state index contributed by atoms with van der Waals surface area (Å²) in [5, 5.41) is 3.58. The van der Waals surface area contributed by atoms with E-state index >= 15 is 0 Å². The number of benzene rings is 1. The molecule has 0 aliphatic heterocycles. The summed E-state index contributed by atoms with van der Waals surface area (Å²) in [5.74, 6) is 2.31. The van der Waals surface area contributed by atoms with Crippen LogP contribution in [0.25, 0.3) is 0 Å². The molecule has 0 amide bonds. The molecule has 0 aliphatic carbocycles. The first-order valence-corrected chi connectivity index (χ1v) is 9.49. The zero-order chi connectivity index (χ0) is 15.3. The predicted molar refractivity (Wildman–Crippen MR) is 97.1 cm³/mol. The zero-order valence-electron chi connectivity index (χ0n) is 14.0. The SMILES string of the molecule is CCCN(CCNCCSCc1ccccc1)C(C)CC. The van der Waals surface area contributed by atoms with Crippen molar-refractivity contribution in [2.75, 3.05) is 31.9 Å². The summed E-state index contributed by atoms with van der Waals surface area (Å²) in [7, 11) is 0. The molecule has 3 heteroatoms. The summed E-state index contributed by atoms with van der Waals surface area (Å²) in [4.78, 5) is 2.60. The van der Waals surface area contributed by atoms with Crippen LogP contribution in [0, 0.1) is 0 Å². The number of thioether (sulfide) groups is 1. The van der Waals surface area contributed by atoms with Gasteiger partial charge in [0.1, 0.15) is 0 Å². The lowest BCUT2D eigenvalue weighted by atomic mass is 10.2. The average Bonchev–Trinajstić information content (AvgIpc) is 2.53. The summed E-state index contributed by atoms with van der Waals surface area (Å²) >= 11 is 2.01. The molecular formula is C18H32N2S. The van der Waals surface area contributed by atoms with E-state index in [1.807, 2.05) is 11.8 Å². The minimum Gasteiger partial charge on any atom is -0.315 e. The van der Waals surface area contributed by atoms with E-state index < -0.39 is 0 Å². The third-order valence-corrected chi connectivity index (χ3v) is 4.87. The van der Waals surface area contributed by atoms with Crippen LogP contribution in [0.3, 0.4) is 0 Å². The molecule has 0 saturated carbocycles. The lowest BCUT2D eigenvalue weighted by molar-refractivity contribution is 0.205. The van der Waals surface area contributed by atoms with Crippen LogP contribution in [-0.4, -0.2) is 42.9 Å². The van der Waals surface area contributed by atoms with Crippen molar-refractivity contribution in [2.24, 2.45) is 0 Å². The molecule has 21 heavy (non-hydrogen) atoms. The van der Waals surface area contributed by atoms with Crippen LogP contribution in [0.15, 0.2) is 30.3 Å². The second kappa shape index (κ2) is 12.1. The van der Waals surface area contributed by atoms with E-state index in [-0.39, 0.29) is 0 Å². The van der Waals surface area contributed by atoms with E-state index in [0.29, 0.717) is 6.04 Å². The Labute approximate surface area is 135 Å². The van der Waals surface area contributed by atoms with Crippen LogP contribution < -0.4 is 5.32 Å². The monoisotopic (exact) mass is 308 g/mol. The molecule has 1 N–H and O–H groups in total. The van der Waals surface area contributed by atoms with Gasteiger partial charge in [-0.15, -0.1) is 0 Å². The van der Waals surface area contributed by atoms with Gasteiger partial charge in [-0.05, 0) is 31.9 Å². The van der Waals surface area contributed by atoms with E-state index in [1.165, 1.54) is 37.2 Å². The smallest absolute Gasteiger partial charge is 0.0185 e. The summed E-state index contributed by atoms with van der Waals surface area (Å²) in [5.41, 5.74) is 1.42. The molecule has 0 aromatic heterocycles. The van der Waals surface area contributed by atoms with Crippen LogP contribution in [0.1, 0.15) is 39.2 Å². The maximum atomic E-state index is 3.58. The van der Waals surface area contributed by atoms with Gasteiger partial charge in [0.25, 0.3) is 0 Å². The topological polar surface area (TPSA) is 15.3 Å². The van der Waals surface area contributed by atoms with Crippen molar-refractivity contribution in [3.05, 3.63) is 35.9 Å². The Bertz CT molecular complexity index is 342. The fourth-order valence-corrected chi connectivity index (χ4v) is 3.22. The van der Waals surface area contributed by atoms with Crippen LogP contribution in [-0.2, 0) is 5.75 Å². The first kappa shape index (κ1) is 18.5. The Morgan fingerprint density at radius 2 is 1.86 bits per heavy atom. The van der Waals surface area contributed by atoms with Gasteiger partial charge in [-0.2, -0.15) is 11.8 Å². The molecule has 0 aliphatic rings. The molecule has 0 saturated heterocycles. The minimum atomic E-state index is 0.708. The van der Waals surface area contributed by atoms with Crippen LogP contribution in [0.5, 0.6) is 0 Å². The van der Waals surface area contributed by atoms with Crippen molar-refractivity contribution in [2.45, 2.75) is 45.4 Å². The third-order valence-electron chi connectivity index (χ3n) is 3.84. The lowest BCUT2D eigenvalue weighted by Gasteiger charge is -2.28. The summed E-state index contributed by atoms with van der Waals surface area (Å²) < 4.78 is 0. The van der Waals surface area contributed by atoms with Crippen LogP contribution in [0.4, 0.5) is 0 Å². The van der Waals surface area contributed by atoms with Gasteiger partial charge in [0.15, 0.2) is 0 Å². The predicted octanol–water partition coefficient (Wildman–Crippen LogP) is 4.02. The molecule has 0 bridgehead atoms. The van der Waals surface area contributed by atoms with Crippen molar-refractivity contribution in [3.63, 3.8) is 0 Å². The van der Waals surface area contributed by atoms with E-state index in [9.17, 15) is 0 Å². The third kappa shape index (κ3) is 8.50. The van der Waals surface area contributed by atoms with E-state index in [2.05, 4.69) is 61.3 Å². The quantitative estimate of drug-likeness (QED) is 0.587.